The summed E-state index contributed by atoms with van der Waals surface area (Å²) in [5.74, 6) is -5.38. The van der Waals surface area contributed by atoms with E-state index in [0.29, 0.717) is 25.9 Å². The van der Waals surface area contributed by atoms with Crippen LogP contribution in [0.15, 0.2) is 24.3 Å². The molecule has 196 valence electrons. The zero-order valence-corrected chi connectivity index (χ0v) is 19.5. The fourth-order valence-electron chi connectivity index (χ4n) is 4.55. The van der Waals surface area contributed by atoms with Gasteiger partial charge in [-0.1, -0.05) is 18.2 Å². The highest BCUT2D eigenvalue weighted by molar-refractivity contribution is 5.88. The van der Waals surface area contributed by atoms with Crippen molar-refractivity contribution >= 4 is 11.9 Å². The zero-order valence-electron chi connectivity index (χ0n) is 19.5. The first-order chi connectivity index (χ1) is 16.8. The molecule has 3 amide bonds. The molecule has 2 saturated carbocycles. The number of hydrogen-bond donors (Lipinski definition) is 2. The number of para-hydroxylation sites is 1. The number of urea groups is 1. The maximum atomic E-state index is 15.1. The number of hydrogen-bond acceptors (Lipinski definition) is 4. The number of nitrogens with zero attached hydrogens (tertiary/aromatic N) is 2. The molecule has 4 rings (SSSR count). The number of halogens is 5. The number of carbonyl (C=O) groups excluding carboxylic acids is 2. The van der Waals surface area contributed by atoms with Crippen LogP contribution in [-0.2, 0) is 11.2 Å². The van der Waals surface area contributed by atoms with Gasteiger partial charge in [0.2, 0.25) is 5.91 Å². The normalized spacial score (nSPS) is 20.7. The lowest BCUT2D eigenvalue weighted by molar-refractivity contribution is -0.275. The van der Waals surface area contributed by atoms with Crippen LogP contribution in [0.5, 0.6) is 5.75 Å². The molecule has 0 aromatic heterocycles. The van der Waals surface area contributed by atoms with Crippen LogP contribution < -0.4 is 15.4 Å². The number of rotatable bonds is 8. The number of nitriles is 1. The summed E-state index contributed by atoms with van der Waals surface area (Å²) in [6.45, 7) is 0.891. The minimum absolute atomic E-state index is 0.275. The van der Waals surface area contributed by atoms with Crippen LogP contribution in [0.4, 0.5) is 26.7 Å². The summed E-state index contributed by atoms with van der Waals surface area (Å²) in [5, 5.41) is 14.1. The van der Waals surface area contributed by atoms with Gasteiger partial charge < -0.3 is 20.3 Å². The van der Waals surface area contributed by atoms with E-state index in [9.17, 15) is 28.0 Å². The first kappa shape index (κ1) is 26.0. The standard InChI is InChI=1S/C24H27F5N4O3/c25-23(26,13-16-3-1-2-4-18(16)36-24(27,28)29)14-17(19(34)32-22(15-30)7-8-22)31-20(35)33-11-9-21(5-6-21)10-12-33/h1-4,17H,5-14H2,(H,31,35)(H,32,34)/t17-/m0/s1. The predicted molar refractivity (Wildman–Crippen MR) is 117 cm³/mol. The highest BCUT2D eigenvalue weighted by Crippen LogP contribution is 2.53. The van der Waals surface area contributed by atoms with Crippen LogP contribution in [-0.4, -0.2) is 53.8 Å². The molecule has 1 spiro atoms. The largest absolute Gasteiger partial charge is 0.573 e. The van der Waals surface area contributed by atoms with Crippen LogP contribution in [0.25, 0.3) is 0 Å². The summed E-state index contributed by atoms with van der Waals surface area (Å²) < 4.78 is 72.2. The Bertz CT molecular complexity index is 1040. The van der Waals surface area contributed by atoms with Crippen LogP contribution in [0.3, 0.4) is 0 Å². The monoisotopic (exact) mass is 514 g/mol. The van der Waals surface area contributed by atoms with Crippen LogP contribution in [0, 0.1) is 16.7 Å². The Hall–Kier alpha value is -3.10. The number of likely N-dealkylation sites (tertiary alicyclic amines) is 1. The number of benzene rings is 1. The number of alkyl halides is 5. The molecule has 1 aromatic rings. The molecule has 0 bridgehead atoms. The third kappa shape index (κ3) is 6.56. The van der Waals surface area contributed by atoms with Gasteiger partial charge in [-0.25, -0.2) is 13.6 Å². The molecule has 2 aliphatic carbocycles. The molecule has 1 heterocycles. The van der Waals surface area contributed by atoms with Crippen molar-refractivity contribution in [3.05, 3.63) is 29.8 Å². The molecule has 0 unspecified atom stereocenters. The van der Waals surface area contributed by atoms with E-state index in [0.717, 1.165) is 37.8 Å². The average Bonchev–Trinajstić information content (AvgIpc) is 3.72. The number of carbonyl (C=O) groups is 2. The molecule has 1 saturated heterocycles. The Morgan fingerprint density at radius 3 is 2.25 bits per heavy atom. The summed E-state index contributed by atoms with van der Waals surface area (Å²) in [6.07, 6.45) is -2.82. The summed E-state index contributed by atoms with van der Waals surface area (Å²) in [6, 6.07) is 4.12. The van der Waals surface area contributed by atoms with Crippen molar-refractivity contribution in [3.8, 4) is 11.8 Å². The van der Waals surface area contributed by atoms with E-state index >= 15 is 8.78 Å². The molecular weight excluding hydrogens is 487 g/mol. The van der Waals surface area contributed by atoms with Crippen molar-refractivity contribution in [1.82, 2.24) is 15.5 Å². The molecule has 3 aliphatic rings. The van der Waals surface area contributed by atoms with Gasteiger partial charge in [0.1, 0.15) is 17.3 Å². The minimum atomic E-state index is -5.06. The fraction of sp³-hybridized carbons (Fsp3) is 0.625. The third-order valence-corrected chi connectivity index (χ3v) is 7.16. The Morgan fingerprint density at radius 2 is 1.69 bits per heavy atom. The second kappa shape index (κ2) is 9.41. The number of ether oxygens (including phenoxy) is 1. The van der Waals surface area contributed by atoms with E-state index in [1.165, 1.54) is 17.0 Å². The van der Waals surface area contributed by atoms with E-state index in [2.05, 4.69) is 15.4 Å². The third-order valence-electron chi connectivity index (χ3n) is 7.16. The van der Waals surface area contributed by atoms with Crippen LogP contribution in [0.2, 0.25) is 0 Å². The Morgan fingerprint density at radius 1 is 1.06 bits per heavy atom. The van der Waals surface area contributed by atoms with Crippen molar-refractivity contribution < 1.29 is 36.3 Å². The van der Waals surface area contributed by atoms with E-state index in [1.807, 2.05) is 6.07 Å². The molecule has 12 heteroatoms. The number of piperidine rings is 1. The van der Waals surface area contributed by atoms with Crippen LogP contribution >= 0.6 is 0 Å². The molecule has 3 fully saturated rings. The van der Waals surface area contributed by atoms with E-state index in [1.54, 1.807) is 0 Å². The SMILES string of the molecule is N#CC1(NC(=O)[C@H](CC(F)(F)Cc2ccccc2OC(F)(F)F)NC(=O)N2CCC3(CC2)CC3)CC1. The molecule has 1 aliphatic heterocycles. The lowest BCUT2D eigenvalue weighted by atomic mass is 9.94. The predicted octanol–water partition coefficient (Wildman–Crippen LogP) is 4.28. The van der Waals surface area contributed by atoms with Crippen LogP contribution in [0.1, 0.15) is 50.5 Å². The lowest BCUT2D eigenvalue weighted by Gasteiger charge is -2.34. The molecule has 2 N–H and O–H groups in total. The quantitative estimate of drug-likeness (QED) is 0.507. The van der Waals surface area contributed by atoms with E-state index in [4.69, 9.17) is 0 Å². The van der Waals surface area contributed by atoms with Gasteiger partial charge in [0.25, 0.3) is 5.92 Å². The smallest absolute Gasteiger partial charge is 0.405 e. The van der Waals surface area contributed by atoms with E-state index in [-0.39, 0.29) is 5.41 Å². The summed E-state index contributed by atoms with van der Waals surface area (Å²) in [4.78, 5) is 27.2. The van der Waals surface area contributed by atoms with Gasteiger partial charge in [0.05, 0.1) is 6.07 Å². The van der Waals surface area contributed by atoms with Gasteiger partial charge in [0, 0.05) is 31.5 Å². The van der Waals surface area contributed by atoms with Crippen molar-refractivity contribution in [2.45, 2.75) is 75.2 Å². The summed E-state index contributed by atoms with van der Waals surface area (Å²) in [7, 11) is 0. The average molecular weight is 514 g/mol. The zero-order chi connectivity index (χ0) is 26.2. The molecule has 0 radical (unpaired) electrons. The topological polar surface area (TPSA) is 94.5 Å². The van der Waals surface area contributed by atoms with Gasteiger partial charge in [-0.3, -0.25) is 4.79 Å². The van der Waals surface area contributed by atoms with Crippen molar-refractivity contribution in [1.29, 1.82) is 5.26 Å². The van der Waals surface area contributed by atoms with Gasteiger partial charge in [0.15, 0.2) is 0 Å². The molecule has 36 heavy (non-hydrogen) atoms. The van der Waals surface area contributed by atoms with Gasteiger partial charge in [-0.05, 0) is 50.0 Å². The highest BCUT2D eigenvalue weighted by atomic mass is 19.4. The van der Waals surface area contributed by atoms with Gasteiger partial charge >= 0.3 is 12.4 Å². The maximum Gasteiger partial charge on any atom is 0.573 e. The van der Waals surface area contributed by atoms with Crippen molar-refractivity contribution in [2.24, 2.45) is 5.41 Å². The molecular formula is C24H27F5N4O3. The number of nitrogens with one attached hydrogen (secondary N) is 2. The second-order valence-corrected chi connectivity index (χ2v) is 10.1. The van der Waals surface area contributed by atoms with Crippen molar-refractivity contribution in [2.75, 3.05) is 13.1 Å². The van der Waals surface area contributed by atoms with Crippen molar-refractivity contribution in [3.63, 3.8) is 0 Å². The molecule has 1 aromatic carbocycles. The summed E-state index contributed by atoms with van der Waals surface area (Å²) in [5.41, 5.74) is -1.27. The molecule has 7 nitrogen and oxygen atoms in total. The number of amides is 3. The Labute approximate surface area is 204 Å². The Kier molecular flexibility index (Phi) is 6.79. The minimum Gasteiger partial charge on any atom is -0.405 e. The molecule has 1 atom stereocenters. The van der Waals surface area contributed by atoms with Gasteiger partial charge in [-0.2, -0.15) is 5.26 Å². The Balaban J connectivity index is 1.46. The lowest BCUT2D eigenvalue weighted by Crippen LogP contribution is -2.56. The van der Waals surface area contributed by atoms with Gasteiger partial charge in [-0.15, -0.1) is 13.2 Å². The first-order valence-corrected chi connectivity index (χ1v) is 11.8. The van der Waals surface area contributed by atoms with E-state index < -0.39 is 60.0 Å². The summed E-state index contributed by atoms with van der Waals surface area (Å²) >= 11 is 0. The maximum absolute atomic E-state index is 15.1. The fourth-order valence-corrected chi connectivity index (χ4v) is 4.55. The highest BCUT2D eigenvalue weighted by Gasteiger charge is 2.48. The first-order valence-electron chi connectivity index (χ1n) is 11.8. The second-order valence-electron chi connectivity index (χ2n) is 10.1.